The minimum Gasteiger partial charge on any atom is -0.398 e. The van der Waals surface area contributed by atoms with Gasteiger partial charge in [-0.05, 0) is 43.3 Å². The zero-order valence-electron chi connectivity index (χ0n) is 11.5. The van der Waals surface area contributed by atoms with Crippen LogP contribution in [-0.2, 0) is 0 Å². The number of hydrogen-bond donors (Lipinski definition) is 4. The molecule has 0 unspecified atom stereocenters. The average Bonchev–Trinajstić information content (AvgIpc) is 2.43. The molecule has 2 aromatic carbocycles. The highest BCUT2D eigenvalue weighted by molar-refractivity contribution is 6.07. The van der Waals surface area contributed by atoms with Crippen LogP contribution in [0.1, 0.15) is 15.9 Å². The van der Waals surface area contributed by atoms with Crippen molar-refractivity contribution in [1.29, 1.82) is 0 Å². The molecule has 6 N–H and O–H groups in total. The number of carbonyl (C=O) groups excluding carboxylic acids is 2. The molecule has 0 fully saturated rings. The Kier molecular flexibility index (Phi) is 4.08. The van der Waals surface area contributed by atoms with Crippen LogP contribution in [0.15, 0.2) is 42.5 Å². The van der Waals surface area contributed by atoms with Crippen LogP contribution in [0.5, 0.6) is 0 Å². The van der Waals surface area contributed by atoms with E-state index in [0.717, 1.165) is 5.56 Å². The second-order valence-electron chi connectivity index (χ2n) is 4.61. The first-order chi connectivity index (χ1) is 9.95. The number of aryl methyl sites for hydroxylation is 1. The van der Waals surface area contributed by atoms with Crippen LogP contribution in [0.25, 0.3) is 0 Å². The summed E-state index contributed by atoms with van der Waals surface area (Å²) in [5.41, 5.74) is 13.8. The Labute approximate surface area is 122 Å². The van der Waals surface area contributed by atoms with Crippen molar-refractivity contribution in [2.45, 2.75) is 6.92 Å². The van der Waals surface area contributed by atoms with Gasteiger partial charge in [0.2, 0.25) is 0 Å². The molecule has 108 valence electrons. The van der Waals surface area contributed by atoms with Gasteiger partial charge in [-0.25, -0.2) is 4.79 Å². The zero-order chi connectivity index (χ0) is 15.4. The Morgan fingerprint density at radius 3 is 2.10 bits per heavy atom. The maximum Gasteiger partial charge on any atom is 0.316 e. The third-order valence-electron chi connectivity index (χ3n) is 2.86. The highest BCUT2D eigenvalue weighted by atomic mass is 16.2. The van der Waals surface area contributed by atoms with E-state index in [1.165, 1.54) is 0 Å². The van der Waals surface area contributed by atoms with Crippen molar-refractivity contribution in [1.82, 2.24) is 0 Å². The Hall–Kier alpha value is -3.02. The van der Waals surface area contributed by atoms with E-state index < -0.39 is 6.03 Å². The normalized spacial score (nSPS) is 9.95. The van der Waals surface area contributed by atoms with Crippen LogP contribution in [-0.4, -0.2) is 11.9 Å². The fourth-order valence-electron chi connectivity index (χ4n) is 1.84. The molecule has 0 saturated heterocycles. The van der Waals surface area contributed by atoms with E-state index in [4.69, 9.17) is 11.5 Å². The van der Waals surface area contributed by atoms with E-state index in [2.05, 4.69) is 10.6 Å². The van der Waals surface area contributed by atoms with Gasteiger partial charge in [0.1, 0.15) is 0 Å². The maximum absolute atomic E-state index is 12.2. The quantitative estimate of drug-likeness (QED) is 0.649. The molecule has 6 nitrogen and oxygen atoms in total. The van der Waals surface area contributed by atoms with E-state index in [1.807, 2.05) is 13.0 Å². The van der Waals surface area contributed by atoms with Crippen molar-refractivity contribution in [2.75, 3.05) is 16.4 Å². The largest absolute Gasteiger partial charge is 0.398 e. The van der Waals surface area contributed by atoms with E-state index in [0.29, 0.717) is 22.6 Å². The van der Waals surface area contributed by atoms with Crippen molar-refractivity contribution < 1.29 is 9.59 Å². The molecule has 0 bridgehead atoms. The molecule has 0 aliphatic carbocycles. The number of nitrogens with two attached hydrogens (primary N) is 2. The summed E-state index contributed by atoms with van der Waals surface area (Å²) in [7, 11) is 0. The molecule has 21 heavy (non-hydrogen) atoms. The smallest absolute Gasteiger partial charge is 0.316 e. The fourth-order valence-corrected chi connectivity index (χ4v) is 1.84. The van der Waals surface area contributed by atoms with Crippen LogP contribution in [0.3, 0.4) is 0 Å². The molecule has 2 rings (SSSR count). The van der Waals surface area contributed by atoms with Gasteiger partial charge >= 0.3 is 6.03 Å². The van der Waals surface area contributed by atoms with Crippen LogP contribution >= 0.6 is 0 Å². The van der Waals surface area contributed by atoms with Gasteiger partial charge in [0.15, 0.2) is 0 Å². The SMILES string of the molecule is Cc1ccc(N)c(C(=O)Nc2ccc(NC(N)=O)cc2)c1. The predicted octanol–water partition coefficient (Wildman–Crippen LogP) is 2.32. The summed E-state index contributed by atoms with van der Waals surface area (Å²) >= 11 is 0. The monoisotopic (exact) mass is 284 g/mol. The molecule has 0 heterocycles. The third-order valence-corrected chi connectivity index (χ3v) is 2.86. The Morgan fingerprint density at radius 1 is 0.952 bits per heavy atom. The second kappa shape index (κ2) is 5.96. The summed E-state index contributed by atoms with van der Waals surface area (Å²) in [5, 5.41) is 5.18. The van der Waals surface area contributed by atoms with Crippen molar-refractivity contribution >= 4 is 29.0 Å². The lowest BCUT2D eigenvalue weighted by Crippen LogP contribution is -2.19. The molecule has 0 aliphatic heterocycles. The van der Waals surface area contributed by atoms with Gasteiger partial charge in [0, 0.05) is 17.1 Å². The minimum atomic E-state index is -0.640. The highest BCUT2D eigenvalue weighted by Crippen LogP contribution is 2.18. The third kappa shape index (κ3) is 3.73. The minimum absolute atomic E-state index is 0.285. The number of amides is 3. The Balaban J connectivity index is 2.12. The van der Waals surface area contributed by atoms with Gasteiger partial charge < -0.3 is 22.1 Å². The van der Waals surface area contributed by atoms with Crippen molar-refractivity contribution in [3.8, 4) is 0 Å². The lowest BCUT2D eigenvalue weighted by molar-refractivity contribution is 0.102. The number of rotatable bonds is 3. The Morgan fingerprint density at radius 2 is 1.52 bits per heavy atom. The molecule has 0 saturated carbocycles. The summed E-state index contributed by atoms with van der Waals surface area (Å²) in [6, 6.07) is 11.2. The molecule has 2 aromatic rings. The summed E-state index contributed by atoms with van der Waals surface area (Å²) in [5.74, 6) is -0.285. The maximum atomic E-state index is 12.2. The van der Waals surface area contributed by atoms with Crippen LogP contribution in [0.2, 0.25) is 0 Å². The number of nitrogen functional groups attached to an aromatic ring is 1. The molecule has 0 atom stereocenters. The number of hydrogen-bond acceptors (Lipinski definition) is 3. The lowest BCUT2D eigenvalue weighted by atomic mass is 10.1. The van der Waals surface area contributed by atoms with Gasteiger partial charge in [0.25, 0.3) is 5.91 Å². The average molecular weight is 284 g/mol. The molecular formula is C15H16N4O2. The van der Waals surface area contributed by atoms with Crippen molar-refractivity contribution in [3.63, 3.8) is 0 Å². The van der Waals surface area contributed by atoms with E-state index in [-0.39, 0.29) is 5.91 Å². The van der Waals surface area contributed by atoms with Gasteiger partial charge in [-0.1, -0.05) is 11.6 Å². The first-order valence-corrected chi connectivity index (χ1v) is 6.29. The summed E-state index contributed by atoms with van der Waals surface area (Å²) in [6.07, 6.45) is 0. The van der Waals surface area contributed by atoms with Gasteiger partial charge in [-0.3, -0.25) is 4.79 Å². The predicted molar refractivity (Wildman–Crippen MR) is 83.2 cm³/mol. The standard InChI is InChI=1S/C15H16N4O2/c1-9-2-7-13(16)12(8-9)14(20)18-10-3-5-11(6-4-10)19-15(17)21/h2-8H,16H2,1H3,(H,18,20)(H3,17,19,21). The van der Waals surface area contributed by atoms with Gasteiger partial charge in [-0.2, -0.15) is 0 Å². The molecular weight excluding hydrogens is 268 g/mol. The summed E-state index contributed by atoms with van der Waals surface area (Å²) in [4.78, 5) is 22.9. The van der Waals surface area contributed by atoms with E-state index in [1.54, 1.807) is 36.4 Å². The number of benzene rings is 2. The summed E-state index contributed by atoms with van der Waals surface area (Å²) < 4.78 is 0. The van der Waals surface area contributed by atoms with Gasteiger partial charge in [0.05, 0.1) is 5.56 Å². The van der Waals surface area contributed by atoms with Gasteiger partial charge in [-0.15, -0.1) is 0 Å². The topological polar surface area (TPSA) is 110 Å². The van der Waals surface area contributed by atoms with Crippen LogP contribution < -0.4 is 22.1 Å². The number of carbonyl (C=O) groups is 2. The van der Waals surface area contributed by atoms with Crippen molar-refractivity contribution in [3.05, 3.63) is 53.6 Å². The number of nitrogens with one attached hydrogen (secondary N) is 2. The molecule has 3 amide bonds. The molecule has 0 spiro atoms. The van der Waals surface area contributed by atoms with Crippen molar-refractivity contribution in [2.24, 2.45) is 5.73 Å². The van der Waals surface area contributed by atoms with Crippen LogP contribution in [0, 0.1) is 6.92 Å². The number of primary amides is 1. The van der Waals surface area contributed by atoms with E-state index in [9.17, 15) is 9.59 Å². The van der Waals surface area contributed by atoms with E-state index >= 15 is 0 Å². The number of anilines is 3. The zero-order valence-corrected chi connectivity index (χ0v) is 11.5. The molecule has 0 radical (unpaired) electrons. The first kappa shape index (κ1) is 14.4. The fraction of sp³-hybridized carbons (Fsp3) is 0.0667. The van der Waals surface area contributed by atoms with Crippen LogP contribution in [0.4, 0.5) is 21.9 Å². The second-order valence-corrected chi connectivity index (χ2v) is 4.61. The Bertz CT molecular complexity index is 681. The first-order valence-electron chi connectivity index (χ1n) is 6.29. The molecule has 0 aromatic heterocycles. The molecule has 0 aliphatic rings. The highest BCUT2D eigenvalue weighted by Gasteiger charge is 2.10. The summed E-state index contributed by atoms with van der Waals surface area (Å²) in [6.45, 7) is 1.89. The lowest BCUT2D eigenvalue weighted by Gasteiger charge is -2.09. The molecule has 6 heteroatoms. The number of urea groups is 1.